The van der Waals surface area contributed by atoms with Crippen LogP contribution in [-0.4, -0.2) is 69.9 Å². The van der Waals surface area contributed by atoms with Crippen LogP contribution in [0.2, 0.25) is 0 Å². The molecule has 35 heavy (non-hydrogen) atoms. The Balaban J connectivity index is 0.000000429. The molecular weight excluding hydrogens is 467 g/mol. The highest BCUT2D eigenvalue weighted by atomic mass is 19.4. The van der Waals surface area contributed by atoms with Crippen LogP contribution >= 0.6 is 0 Å². The van der Waals surface area contributed by atoms with Gasteiger partial charge in [-0.2, -0.15) is 13.2 Å². The monoisotopic (exact) mass is 497 g/mol. The van der Waals surface area contributed by atoms with Crippen LogP contribution in [0, 0.1) is 13.8 Å². The highest BCUT2D eigenvalue weighted by Crippen LogP contribution is 2.40. The Morgan fingerprint density at radius 3 is 2.43 bits per heavy atom. The van der Waals surface area contributed by atoms with Gasteiger partial charge in [-0.3, -0.25) is 9.69 Å². The van der Waals surface area contributed by atoms with Crippen LogP contribution in [0.1, 0.15) is 53.6 Å². The first kappa shape index (κ1) is 26.5. The van der Waals surface area contributed by atoms with E-state index in [0.29, 0.717) is 17.9 Å². The minimum Gasteiger partial charge on any atom is -0.493 e. The predicted molar refractivity (Wildman–Crippen MR) is 120 cm³/mol. The Kier molecular flexibility index (Phi) is 8.09. The first-order chi connectivity index (χ1) is 16.5. The van der Waals surface area contributed by atoms with E-state index in [4.69, 9.17) is 19.2 Å². The van der Waals surface area contributed by atoms with Gasteiger partial charge in [0.2, 0.25) is 0 Å². The van der Waals surface area contributed by atoms with E-state index in [-0.39, 0.29) is 11.4 Å². The lowest BCUT2D eigenvalue weighted by Crippen LogP contribution is -2.67. The molecule has 8 nitrogen and oxygen atoms in total. The summed E-state index contributed by atoms with van der Waals surface area (Å²) in [6.45, 7) is 9.95. The number of carboxylic acids is 1. The van der Waals surface area contributed by atoms with Crippen LogP contribution < -0.4 is 4.74 Å². The second-order valence-corrected chi connectivity index (χ2v) is 8.76. The molecule has 1 atom stereocenters. The van der Waals surface area contributed by atoms with Crippen molar-refractivity contribution in [2.45, 2.75) is 58.3 Å². The summed E-state index contributed by atoms with van der Waals surface area (Å²) in [4.78, 5) is 26.7. The molecule has 1 aromatic carbocycles. The third kappa shape index (κ3) is 5.95. The fourth-order valence-electron chi connectivity index (χ4n) is 4.59. The number of carboxylic acid groups (broad SMARTS) is 1. The van der Waals surface area contributed by atoms with Crippen LogP contribution in [0.5, 0.6) is 5.75 Å². The van der Waals surface area contributed by atoms with E-state index in [1.54, 1.807) is 0 Å². The first-order valence-corrected chi connectivity index (χ1v) is 11.5. The molecule has 11 heteroatoms. The molecular formula is C24H30F3N3O5. The molecule has 1 spiro atoms. The summed E-state index contributed by atoms with van der Waals surface area (Å²) in [5.41, 5.74) is 2.89. The molecule has 2 aliphatic heterocycles. The molecule has 2 saturated heterocycles. The number of amides is 1. The quantitative estimate of drug-likeness (QED) is 0.661. The molecule has 1 amide bonds. The minimum absolute atomic E-state index is 0.0740. The van der Waals surface area contributed by atoms with Crippen molar-refractivity contribution in [2.24, 2.45) is 0 Å². The number of carbonyl (C=O) groups is 2. The van der Waals surface area contributed by atoms with Gasteiger partial charge in [0.1, 0.15) is 11.5 Å². The summed E-state index contributed by atoms with van der Waals surface area (Å²) in [5, 5.41) is 11.2. The van der Waals surface area contributed by atoms with E-state index in [9.17, 15) is 18.0 Å². The minimum atomic E-state index is -5.08. The third-order valence-electron chi connectivity index (χ3n) is 6.55. The lowest BCUT2D eigenvalue weighted by Gasteiger charge is -2.57. The summed E-state index contributed by atoms with van der Waals surface area (Å²) >= 11 is 0. The van der Waals surface area contributed by atoms with Crippen molar-refractivity contribution in [3.63, 3.8) is 0 Å². The van der Waals surface area contributed by atoms with E-state index in [1.165, 1.54) is 5.56 Å². The average molecular weight is 498 g/mol. The number of halogens is 3. The SMILES string of the molecule is CCOc1ccccc1C(=O)N1CCCC2(CCN2Cc2c(C)noc2C)C1.O=C(O)C(F)(F)F. The Morgan fingerprint density at radius 1 is 1.20 bits per heavy atom. The van der Waals surface area contributed by atoms with Crippen molar-refractivity contribution in [1.29, 1.82) is 0 Å². The second-order valence-electron chi connectivity index (χ2n) is 8.76. The van der Waals surface area contributed by atoms with E-state index >= 15 is 0 Å². The normalized spacial score (nSPS) is 20.1. The zero-order valence-electron chi connectivity index (χ0n) is 20.0. The van der Waals surface area contributed by atoms with Gasteiger partial charge in [-0.05, 0) is 52.2 Å². The van der Waals surface area contributed by atoms with E-state index in [0.717, 1.165) is 56.9 Å². The molecule has 1 aromatic heterocycles. The van der Waals surface area contributed by atoms with Gasteiger partial charge in [0.15, 0.2) is 0 Å². The van der Waals surface area contributed by atoms with Gasteiger partial charge in [0.25, 0.3) is 5.91 Å². The lowest BCUT2D eigenvalue weighted by molar-refractivity contribution is -0.192. The number of carbonyl (C=O) groups excluding carboxylic acids is 1. The number of ether oxygens (including phenoxy) is 1. The van der Waals surface area contributed by atoms with Crippen LogP contribution in [-0.2, 0) is 11.3 Å². The van der Waals surface area contributed by atoms with Gasteiger partial charge in [-0.25, -0.2) is 4.79 Å². The van der Waals surface area contributed by atoms with Crippen molar-refractivity contribution < 1.29 is 37.1 Å². The maximum absolute atomic E-state index is 13.3. The van der Waals surface area contributed by atoms with Gasteiger partial charge < -0.3 is 19.3 Å². The Hall–Kier alpha value is -3.08. The van der Waals surface area contributed by atoms with Crippen LogP contribution in [0.3, 0.4) is 0 Å². The zero-order valence-corrected chi connectivity index (χ0v) is 20.0. The van der Waals surface area contributed by atoms with Gasteiger partial charge in [0, 0.05) is 37.3 Å². The van der Waals surface area contributed by atoms with Crippen molar-refractivity contribution in [3.05, 3.63) is 46.8 Å². The number of likely N-dealkylation sites (tertiary alicyclic amines) is 2. The number of aromatic nitrogens is 1. The molecule has 0 bridgehead atoms. The van der Waals surface area contributed by atoms with Crippen LogP contribution in [0.15, 0.2) is 28.8 Å². The van der Waals surface area contributed by atoms with Gasteiger partial charge in [0.05, 0.1) is 17.9 Å². The van der Waals surface area contributed by atoms with E-state index in [2.05, 4.69) is 10.1 Å². The number of rotatable bonds is 5. The molecule has 4 rings (SSSR count). The second kappa shape index (κ2) is 10.7. The number of aryl methyl sites for hydroxylation is 2. The molecule has 0 radical (unpaired) electrons. The molecule has 192 valence electrons. The van der Waals surface area contributed by atoms with Crippen LogP contribution in [0.25, 0.3) is 0 Å². The molecule has 3 heterocycles. The first-order valence-electron chi connectivity index (χ1n) is 11.5. The van der Waals surface area contributed by atoms with Crippen LogP contribution in [0.4, 0.5) is 13.2 Å². The number of aliphatic carboxylic acids is 1. The standard InChI is InChI=1S/C22H29N3O3.C2HF3O2/c1-4-27-20-9-6-5-8-18(20)21(26)24-12-7-10-22(15-24)11-13-25(22)14-19-16(2)23-28-17(19)3;3-2(4,5)1(6)7/h5-6,8-9H,4,7,10-15H2,1-3H3;(H,6,7). The number of para-hydroxylation sites is 1. The Morgan fingerprint density at radius 2 is 1.89 bits per heavy atom. The summed E-state index contributed by atoms with van der Waals surface area (Å²) < 4.78 is 42.8. The number of hydrogen-bond donors (Lipinski definition) is 1. The molecule has 2 aromatic rings. The number of alkyl halides is 3. The maximum Gasteiger partial charge on any atom is 0.490 e. The maximum atomic E-state index is 13.3. The molecule has 2 fully saturated rings. The van der Waals surface area contributed by atoms with Crippen molar-refractivity contribution >= 4 is 11.9 Å². The van der Waals surface area contributed by atoms with E-state index in [1.807, 2.05) is 49.9 Å². The summed E-state index contributed by atoms with van der Waals surface area (Å²) in [6.07, 6.45) is -1.79. The fraction of sp³-hybridized carbons (Fsp3) is 0.542. The topological polar surface area (TPSA) is 96.1 Å². The predicted octanol–water partition coefficient (Wildman–Crippen LogP) is 4.20. The molecule has 1 N–H and O–H groups in total. The Bertz CT molecular complexity index is 1040. The molecule has 2 aliphatic rings. The zero-order chi connectivity index (χ0) is 25.8. The third-order valence-corrected chi connectivity index (χ3v) is 6.55. The van der Waals surface area contributed by atoms with Gasteiger partial charge >= 0.3 is 12.1 Å². The average Bonchev–Trinajstić information content (AvgIpc) is 3.13. The Labute approximate surface area is 201 Å². The lowest BCUT2D eigenvalue weighted by atomic mass is 9.77. The summed E-state index contributed by atoms with van der Waals surface area (Å²) in [5.74, 6) is -1.11. The smallest absolute Gasteiger partial charge is 0.490 e. The van der Waals surface area contributed by atoms with Crippen molar-refractivity contribution in [1.82, 2.24) is 15.0 Å². The summed E-state index contributed by atoms with van der Waals surface area (Å²) in [6, 6.07) is 7.57. The summed E-state index contributed by atoms with van der Waals surface area (Å²) in [7, 11) is 0. The largest absolute Gasteiger partial charge is 0.493 e. The highest BCUT2D eigenvalue weighted by Gasteiger charge is 2.48. The number of nitrogens with zero attached hydrogens (tertiary/aromatic N) is 3. The van der Waals surface area contributed by atoms with Gasteiger partial charge in [-0.15, -0.1) is 0 Å². The molecule has 1 unspecified atom stereocenters. The number of benzene rings is 1. The number of hydrogen-bond acceptors (Lipinski definition) is 6. The van der Waals surface area contributed by atoms with Gasteiger partial charge in [-0.1, -0.05) is 17.3 Å². The highest BCUT2D eigenvalue weighted by molar-refractivity contribution is 5.97. The van der Waals surface area contributed by atoms with Crippen molar-refractivity contribution in [2.75, 3.05) is 26.2 Å². The number of piperidine rings is 1. The molecule has 0 aliphatic carbocycles. The molecule has 0 saturated carbocycles. The fourth-order valence-corrected chi connectivity index (χ4v) is 4.59. The van der Waals surface area contributed by atoms with E-state index < -0.39 is 12.1 Å². The van der Waals surface area contributed by atoms with Crippen molar-refractivity contribution in [3.8, 4) is 5.75 Å².